The van der Waals surface area contributed by atoms with Crippen molar-refractivity contribution in [2.45, 2.75) is 32.4 Å². The van der Waals surface area contributed by atoms with Gasteiger partial charge in [-0.1, -0.05) is 38.1 Å². The van der Waals surface area contributed by atoms with E-state index in [-0.39, 0.29) is 5.91 Å². The zero-order valence-electron chi connectivity index (χ0n) is 11.1. The van der Waals surface area contributed by atoms with Crippen molar-refractivity contribution in [2.75, 3.05) is 5.75 Å². The summed E-state index contributed by atoms with van der Waals surface area (Å²) in [6.07, 6.45) is 1.61. The van der Waals surface area contributed by atoms with Crippen molar-refractivity contribution >= 4 is 17.7 Å². The summed E-state index contributed by atoms with van der Waals surface area (Å²) in [7, 11) is 0. The Bertz CT molecular complexity index is 363. The van der Waals surface area contributed by atoms with Crippen molar-refractivity contribution in [1.29, 1.82) is 0 Å². The first-order valence-electron chi connectivity index (χ1n) is 6.27. The van der Waals surface area contributed by atoms with Crippen molar-refractivity contribution in [3.63, 3.8) is 0 Å². The molecule has 100 valence electrons. The quantitative estimate of drug-likeness (QED) is 0.345. The number of benzene rings is 1. The van der Waals surface area contributed by atoms with E-state index in [9.17, 15) is 4.79 Å². The lowest BCUT2D eigenvalue weighted by molar-refractivity contribution is -0.120. The van der Waals surface area contributed by atoms with Gasteiger partial charge in [-0.3, -0.25) is 10.2 Å². The van der Waals surface area contributed by atoms with Crippen LogP contribution in [0.15, 0.2) is 24.3 Å². The molecule has 0 bridgehead atoms. The lowest BCUT2D eigenvalue weighted by Gasteiger charge is -2.05. The van der Waals surface area contributed by atoms with Gasteiger partial charge in [-0.2, -0.15) is 11.8 Å². The molecule has 0 aromatic heterocycles. The normalized spacial score (nSPS) is 10.7. The standard InChI is InChI=1S/C14H22N2OS/c1-11(2)7-8-18-10-13-5-3-12(4-6-13)9-14(17)16-15/h3-6,11H,7-10,15H2,1-2H3,(H,16,17). The molecule has 0 atom stereocenters. The first kappa shape index (κ1) is 15.1. The molecule has 0 saturated heterocycles. The highest BCUT2D eigenvalue weighted by atomic mass is 32.2. The summed E-state index contributed by atoms with van der Waals surface area (Å²) in [5.41, 5.74) is 4.44. The third kappa shape index (κ3) is 6.07. The molecule has 3 N–H and O–H groups in total. The highest BCUT2D eigenvalue weighted by molar-refractivity contribution is 7.98. The Morgan fingerprint density at radius 3 is 2.44 bits per heavy atom. The summed E-state index contributed by atoms with van der Waals surface area (Å²) in [4.78, 5) is 11.1. The molecular weight excluding hydrogens is 244 g/mol. The van der Waals surface area contributed by atoms with E-state index in [0.29, 0.717) is 6.42 Å². The average Bonchev–Trinajstić information content (AvgIpc) is 2.36. The Balaban J connectivity index is 2.33. The Hall–Kier alpha value is -1.00. The first-order valence-corrected chi connectivity index (χ1v) is 7.42. The molecule has 0 spiro atoms. The van der Waals surface area contributed by atoms with Gasteiger partial charge in [0.25, 0.3) is 0 Å². The number of hydrogen-bond acceptors (Lipinski definition) is 3. The van der Waals surface area contributed by atoms with E-state index in [2.05, 4.69) is 31.4 Å². The van der Waals surface area contributed by atoms with E-state index in [0.717, 1.165) is 17.2 Å². The Morgan fingerprint density at radius 2 is 1.89 bits per heavy atom. The zero-order valence-corrected chi connectivity index (χ0v) is 11.9. The van der Waals surface area contributed by atoms with Crippen molar-refractivity contribution < 1.29 is 4.79 Å². The SMILES string of the molecule is CC(C)CCSCc1ccc(CC(=O)NN)cc1. The number of amides is 1. The highest BCUT2D eigenvalue weighted by Gasteiger charge is 2.01. The van der Waals surface area contributed by atoms with E-state index >= 15 is 0 Å². The first-order chi connectivity index (χ1) is 8.61. The van der Waals surface area contributed by atoms with Crippen LogP contribution in [0.3, 0.4) is 0 Å². The van der Waals surface area contributed by atoms with Crippen molar-refractivity contribution in [3.05, 3.63) is 35.4 Å². The molecule has 0 saturated carbocycles. The van der Waals surface area contributed by atoms with Gasteiger partial charge in [0.15, 0.2) is 0 Å². The molecule has 3 nitrogen and oxygen atoms in total. The van der Waals surface area contributed by atoms with Gasteiger partial charge in [-0.25, -0.2) is 5.84 Å². The second-order valence-electron chi connectivity index (χ2n) is 4.80. The van der Waals surface area contributed by atoms with Crippen LogP contribution in [0.4, 0.5) is 0 Å². The van der Waals surface area contributed by atoms with Crippen LogP contribution < -0.4 is 11.3 Å². The predicted octanol–water partition coefficient (Wildman–Crippen LogP) is 2.50. The molecule has 0 fully saturated rings. The third-order valence-corrected chi connectivity index (χ3v) is 3.72. The van der Waals surface area contributed by atoms with E-state index in [1.54, 1.807) is 0 Å². The van der Waals surface area contributed by atoms with Crippen LogP contribution in [-0.4, -0.2) is 11.7 Å². The summed E-state index contributed by atoms with van der Waals surface area (Å²) in [6.45, 7) is 4.50. The minimum atomic E-state index is -0.158. The van der Waals surface area contributed by atoms with Crippen LogP contribution in [0, 0.1) is 5.92 Å². The number of nitrogens with two attached hydrogens (primary N) is 1. The van der Waals surface area contributed by atoms with Crippen LogP contribution in [0.2, 0.25) is 0 Å². The molecule has 4 heteroatoms. The van der Waals surface area contributed by atoms with Crippen molar-refractivity contribution in [1.82, 2.24) is 5.43 Å². The predicted molar refractivity (Wildman–Crippen MR) is 78.1 cm³/mol. The van der Waals surface area contributed by atoms with Crippen LogP contribution >= 0.6 is 11.8 Å². The smallest absolute Gasteiger partial charge is 0.238 e. The minimum Gasteiger partial charge on any atom is -0.294 e. The second kappa shape index (κ2) is 8.16. The van der Waals surface area contributed by atoms with Gasteiger partial charge in [0.2, 0.25) is 5.91 Å². The van der Waals surface area contributed by atoms with Crippen LogP contribution in [0.25, 0.3) is 0 Å². The van der Waals surface area contributed by atoms with Gasteiger partial charge in [0.05, 0.1) is 6.42 Å². The maximum absolute atomic E-state index is 11.1. The number of rotatable bonds is 7. The largest absolute Gasteiger partial charge is 0.294 e. The van der Waals surface area contributed by atoms with Crippen molar-refractivity contribution in [2.24, 2.45) is 11.8 Å². The molecule has 0 aliphatic carbocycles. The van der Waals surface area contributed by atoms with Crippen LogP contribution in [-0.2, 0) is 17.0 Å². The number of hydrogen-bond donors (Lipinski definition) is 2. The van der Waals surface area contributed by atoms with Gasteiger partial charge in [-0.15, -0.1) is 0 Å². The van der Waals surface area contributed by atoms with Crippen LogP contribution in [0.1, 0.15) is 31.4 Å². The molecule has 0 aliphatic rings. The van der Waals surface area contributed by atoms with Gasteiger partial charge < -0.3 is 0 Å². The summed E-state index contributed by atoms with van der Waals surface area (Å²) in [5.74, 6) is 7.91. The summed E-state index contributed by atoms with van der Waals surface area (Å²) < 4.78 is 0. The fourth-order valence-corrected chi connectivity index (χ4v) is 2.71. The molecule has 0 heterocycles. The Kier molecular flexibility index (Phi) is 6.83. The average molecular weight is 266 g/mol. The number of thioether (sulfide) groups is 1. The van der Waals surface area contributed by atoms with Gasteiger partial charge in [0.1, 0.15) is 0 Å². The molecule has 1 amide bonds. The lowest BCUT2D eigenvalue weighted by atomic mass is 10.1. The molecule has 1 rings (SSSR count). The number of carbonyl (C=O) groups is 1. The van der Waals surface area contributed by atoms with Crippen molar-refractivity contribution in [3.8, 4) is 0 Å². The van der Waals surface area contributed by atoms with E-state index < -0.39 is 0 Å². The maximum atomic E-state index is 11.1. The summed E-state index contributed by atoms with van der Waals surface area (Å²) in [6, 6.07) is 8.16. The third-order valence-electron chi connectivity index (χ3n) is 2.66. The summed E-state index contributed by atoms with van der Waals surface area (Å²) in [5, 5.41) is 0. The molecule has 0 unspecified atom stereocenters. The monoisotopic (exact) mass is 266 g/mol. The second-order valence-corrected chi connectivity index (χ2v) is 5.90. The zero-order chi connectivity index (χ0) is 13.4. The van der Waals surface area contributed by atoms with Gasteiger partial charge in [-0.05, 0) is 29.2 Å². The van der Waals surface area contributed by atoms with Gasteiger partial charge >= 0.3 is 0 Å². The fraction of sp³-hybridized carbons (Fsp3) is 0.500. The minimum absolute atomic E-state index is 0.158. The van der Waals surface area contributed by atoms with E-state index in [4.69, 9.17) is 5.84 Å². The maximum Gasteiger partial charge on any atom is 0.238 e. The molecular formula is C14H22N2OS. The molecule has 1 aromatic rings. The fourth-order valence-electron chi connectivity index (χ4n) is 1.50. The number of carbonyl (C=O) groups excluding carboxylic acids is 1. The molecule has 0 aliphatic heterocycles. The molecule has 0 radical (unpaired) electrons. The lowest BCUT2D eigenvalue weighted by Crippen LogP contribution is -2.31. The highest BCUT2D eigenvalue weighted by Crippen LogP contribution is 2.16. The Morgan fingerprint density at radius 1 is 1.28 bits per heavy atom. The van der Waals surface area contributed by atoms with E-state index in [1.807, 2.05) is 23.9 Å². The Labute approximate surface area is 113 Å². The van der Waals surface area contributed by atoms with Gasteiger partial charge in [0, 0.05) is 5.75 Å². The summed E-state index contributed by atoms with van der Waals surface area (Å²) >= 11 is 1.96. The number of nitrogens with one attached hydrogen (secondary N) is 1. The molecule has 18 heavy (non-hydrogen) atoms. The van der Waals surface area contributed by atoms with E-state index in [1.165, 1.54) is 17.7 Å². The topological polar surface area (TPSA) is 55.1 Å². The molecule has 1 aromatic carbocycles. The van der Waals surface area contributed by atoms with Crippen LogP contribution in [0.5, 0.6) is 0 Å². The number of hydrazine groups is 1.